The minimum absolute atomic E-state index is 0.0183. The van der Waals surface area contributed by atoms with Gasteiger partial charge in [-0.1, -0.05) is 12.1 Å². The number of alkyl halides is 3. The zero-order valence-electron chi connectivity index (χ0n) is 17.3. The molecule has 1 fully saturated rings. The lowest BCUT2D eigenvalue weighted by Gasteiger charge is -2.23. The van der Waals surface area contributed by atoms with Gasteiger partial charge in [0.2, 0.25) is 15.9 Å². The standard InChI is InChI=1S/C20H22F3N3O5S/c1-3-31-19(28)17-11-13(12-25(17)2)32(29,30)26-10-6-9-16(26)18(27)24-15-8-5-4-7-14(15)20(21,22)23/h4-5,7-8,11-12,16H,3,6,9-10H2,1-2H3,(H,24,27). The zero-order chi connectivity index (χ0) is 23.7. The molecule has 1 saturated heterocycles. The van der Waals surface area contributed by atoms with Gasteiger partial charge in [-0.15, -0.1) is 0 Å². The molecule has 32 heavy (non-hydrogen) atoms. The highest BCUT2D eigenvalue weighted by molar-refractivity contribution is 7.89. The van der Waals surface area contributed by atoms with Crippen LogP contribution in [0.25, 0.3) is 0 Å². The molecule has 2 heterocycles. The molecule has 1 amide bonds. The quantitative estimate of drug-likeness (QED) is 0.651. The van der Waals surface area contributed by atoms with E-state index in [0.29, 0.717) is 6.42 Å². The number of carbonyl (C=O) groups excluding carboxylic acids is 2. The number of aryl methyl sites for hydroxylation is 1. The van der Waals surface area contributed by atoms with E-state index in [1.165, 1.54) is 29.9 Å². The maximum absolute atomic E-state index is 13.2. The van der Waals surface area contributed by atoms with E-state index in [1.54, 1.807) is 6.92 Å². The van der Waals surface area contributed by atoms with Crippen molar-refractivity contribution in [3.8, 4) is 0 Å². The van der Waals surface area contributed by atoms with E-state index >= 15 is 0 Å². The van der Waals surface area contributed by atoms with Crippen LogP contribution in [0.3, 0.4) is 0 Å². The lowest BCUT2D eigenvalue weighted by atomic mass is 10.1. The summed E-state index contributed by atoms with van der Waals surface area (Å²) in [6.07, 6.45) is -2.95. The number of para-hydroxylation sites is 1. The molecule has 3 rings (SSSR count). The number of ether oxygens (including phenoxy) is 1. The number of amides is 1. The molecule has 0 aliphatic carbocycles. The van der Waals surface area contributed by atoms with Gasteiger partial charge in [0, 0.05) is 19.8 Å². The number of aromatic nitrogens is 1. The summed E-state index contributed by atoms with van der Waals surface area (Å²) in [5.74, 6) is -1.56. The number of benzene rings is 1. The molecule has 1 unspecified atom stereocenters. The van der Waals surface area contributed by atoms with Crippen molar-refractivity contribution in [2.45, 2.75) is 36.9 Å². The van der Waals surface area contributed by atoms with Gasteiger partial charge in [0.05, 0.1) is 17.9 Å². The van der Waals surface area contributed by atoms with E-state index in [4.69, 9.17) is 4.74 Å². The molecule has 0 spiro atoms. The molecular weight excluding hydrogens is 451 g/mol. The van der Waals surface area contributed by atoms with Gasteiger partial charge < -0.3 is 14.6 Å². The molecule has 1 aliphatic heterocycles. The van der Waals surface area contributed by atoms with Crippen LogP contribution in [-0.2, 0) is 32.8 Å². The van der Waals surface area contributed by atoms with Gasteiger partial charge in [-0.05, 0) is 38.0 Å². The van der Waals surface area contributed by atoms with Crippen LogP contribution in [-0.4, -0.2) is 48.4 Å². The highest BCUT2D eigenvalue weighted by Crippen LogP contribution is 2.35. The minimum Gasteiger partial charge on any atom is -0.461 e. The molecule has 8 nitrogen and oxygen atoms in total. The molecule has 0 bridgehead atoms. The average molecular weight is 473 g/mol. The topological polar surface area (TPSA) is 97.7 Å². The first kappa shape index (κ1) is 23.8. The second-order valence-corrected chi connectivity index (χ2v) is 9.09. The van der Waals surface area contributed by atoms with Crippen molar-refractivity contribution >= 4 is 27.6 Å². The van der Waals surface area contributed by atoms with Crippen LogP contribution in [0.5, 0.6) is 0 Å². The molecule has 2 aromatic rings. The first-order chi connectivity index (χ1) is 15.0. The van der Waals surface area contributed by atoms with Gasteiger partial charge in [-0.2, -0.15) is 17.5 Å². The third kappa shape index (κ3) is 4.65. The number of hydrogen-bond acceptors (Lipinski definition) is 5. The number of carbonyl (C=O) groups is 2. The fourth-order valence-electron chi connectivity index (χ4n) is 3.56. The van der Waals surface area contributed by atoms with Crippen LogP contribution in [0.4, 0.5) is 18.9 Å². The molecule has 1 atom stereocenters. The number of esters is 1. The number of sulfonamides is 1. The van der Waals surface area contributed by atoms with E-state index in [1.807, 2.05) is 0 Å². The summed E-state index contributed by atoms with van der Waals surface area (Å²) in [5.41, 5.74) is -1.45. The maximum atomic E-state index is 13.2. The minimum atomic E-state index is -4.68. The number of nitrogens with zero attached hydrogens (tertiary/aromatic N) is 2. The Morgan fingerprint density at radius 3 is 2.59 bits per heavy atom. The van der Waals surface area contributed by atoms with Crippen molar-refractivity contribution < 1.29 is 35.9 Å². The van der Waals surface area contributed by atoms with Crippen molar-refractivity contribution in [1.82, 2.24) is 8.87 Å². The first-order valence-electron chi connectivity index (χ1n) is 9.79. The second kappa shape index (κ2) is 8.94. The van der Waals surface area contributed by atoms with Gasteiger partial charge in [-0.25, -0.2) is 13.2 Å². The van der Waals surface area contributed by atoms with Gasteiger partial charge in [0.15, 0.2) is 0 Å². The number of halogens is 3. The number of rotatable bonds is 6. The van der Waals surface area contributed by atoms with Crippen LogP contribution < -0.4 is 5.32 Å². The van der Waals surface area contributed by atoms with Gasteiger partial charge >= 0.3 is 12.1 Å². The van der Waals surface area contributed by atoms with Crippen LogP contribution in [0.15, 0.2) is 41.4 Å². The predicted molar refractivity (Wildman–Crippen MR) is 108 cm³/mol. The monoisotopic (exact) mass is 473 g/mol. The fraction of sp³-hybridized carbons (Fsp3) is 0.400. The number of nitrogens with one attached hydrogen (secondary N) is 1. The highest BCUT2D eigenvalue weighted by Gasteiger charge is 2.41. The Bertz CT molecular complexity index is 1130. The molecule has 0 saturated carbocycles. The Morgan fingerprint density at radius 1 is 1.25 bits per heavy atom. The Morgan fingerprint density at radius 2 is 1.94 bits per heavy atom. The van der Waals surface area contributed by atoms with Crippen molar-refractivity contribution in [1.29, 1.82) is 0 Å². The second-order valence-electron chi connectivity index (χ2n) is 7.20. The fourth-order valence-corrected chi connectivity index (χ4v) is 5.29. The van der Waals surface area contributed by atoms with Gasteiger partial charge in [0.25, 0.3) is 0 Å². The van der Waals surface area contributed by atoms with E-state index in [2.05, 4.69) is 5.32 Å². The van der Waals surface area contributed by atoms with E-state index in [9.17, 15) is 31.2 Å². The lowest BCUT2D eigenvalue weighted by Crippen LogP contribution is -2.43. The molecule has 174 valence electrons. The first-order valence-corrected chi connectivity index (χ1v) is 11.2. The smallest absolute Gasteiger partial charge is 0.418 e. The summed E-state index contributed by atoms with van der Waals surface area (Å²) in [7, 11) is -2.71. The van der Waals surface area contributed by atoms with Crippen LogP contribution in [0.2, 0.25) is 0 Å². The molecule has 1 aromatic heterocycles. The number of anilines is 1. The average Bonchev–Trinajstić information content (AvgIpc) is 3.35. The van der Waals surface area contributed by atoms with Crippen molar-refractivity contribution in [3.63, 3.8) is 0 Å². The number of hydrogen-bond donors (Lipinski definition) is 1. The normalized spacial score (nSPS) is 17.3. The Balaban J connectivity index is 1.86. The van der Waals surface area contributed by atoms with Crippen LogP contribution in [0, 0.1) is 0 Å². The molecule has 1 aromatic carbocycles. The summed E-state index contributed by atoms with van der Waals surface area (Å²) in [4.78, 5) is 24.6. The van der Waals surface area contributed by atoms with E-state index in [0.717, 1.165) is 22.5 Å². The molecule has 1 aliphatic rings. The zero-order valence-corrected chi connectivity index (χ0v) is 18.2. The van der Waals surface area contributed by atoms with Crippen LogP contribution >= 0.6 is 0 Å². The largest absolute Gasteiger partial charge is 0.461 e. The highest BCUT2D eigenvalue weighted by atomic mass is 32.2. The Labute approximate surface area is 183 Å². The van der Waals surface area contributed by atoms with Crippen LogP contribution in [0.1, 0.15) is 35.8 Å². The van der Waals surface area contributed by atoms with Gasteiger partial charge in [-0.3, -0.25) is 4.79 Å². The van der Waals surface area contributed by atoms with Crippen molar-refractivity contribution in [3.05, 3.63) is 47.8 Å². The van der Waals surface area contributed by atoms with E-state index < -0.39 is 45.4 Å². The Kier molecular flexibility index (Phi) is 6.65. The summed E-state index contributed by atoms with van der Waals surface area (Å²) in [6.45, 7) is 1.74. The summed E-state index contributed by atoms with van der Waals surface area (Å²) in [5, 5.41) is 2.22. The molecular formula is C20H22F3N3O5S. The third-order valence-electron chi connectivity index (χ3n) is 5.07. The van der Waals surface area contributed by atoms with E-state index in [-0.39, 0.29) is 30.2 Å². The Hall–Kier alpha value is -2.86. The summed E-state index contributed by atoms with van der Waals surface area (Å²) in [6, 6.07) is 4.44. The molecule has 0 radical (unpaired) electrons. The predicted octanol–water partition coefficient (Wildman–Crippen LogP) is 3.01. The summed E-state index contributed by atoms with van der Waals surface area (Å²) >= 11 is 0. The third-order valence-corrected chi connectivity index (χ3v) is 6.94. The lowest BCUT2D eigenvalue weighted by molar-refractivity contribution is -0.137. The summed E-state index contributed by atoms with van der Waals surface area (Å²) < 4.78 is 73.2. The SMILES string of the molecule is CCOC(=O)c1cc(S(=O)(=O)N2CCCC2C(=O)Nc2ccccc2C(F)(F)F)cn1C. The molecule has 1 N–H and O–H groups in total. The maximum Gasteiger partial charge on any atom is 0.418 e. The van der Waals surface area contributed by atoms with Crippen molar-refractivity contribution in [2.75, 3.05) is 18.5 Å². The van der Waals surface area contributed by atoms with Gasteiger partial charge in [0.1, 0.15) is 16.6 Å². The molecule has 12 heteroatoms. The van der Waals surface area contributed by atoms with Crippen molar-refractivity contribution in [2.24, 2.45) is 7.05 Å².